The number of ether oxygens (including phenoxy) is 1. The lowest BCUT2D eigenvalue weighted by atomic mass is 10.0. The Balaban J connectivity index is 0.000000860. The van der Waals surface area contributed by atoms with Crippen LogP contribution in [-0.2, 0) is 9.53 Å². The van der Waals surface area contributed by atoms with E-state index in [4.69, 9.17) is 4.74 Å². The Morgan fingerprint density at radius 2 is 1.52 bits per heavy atom. The maximum Gasteiger partial charge on any atom is 0.324 e. The fraction of sp³-hybridized carbons (Fsp3) is 0.276. The van der Waals surface area contributed by atoms with Gasteiger partial charge in [-0.1, -0.05) is 147 Å². The largest absolute Gasteiger partial charge is 0.462 e. The lowest BCUT2D eigenvalue weighted by Gasteiger charge is -2.37. The minimum absolute atomic E-state index is 0.0555. The zero-order valence-electron chi connectivity index (χ0n) is 20.6. The van der Waals surface area contributed by atoms with Gasteiger partial charge in [-0.3, -0.25) is 9.46 Å². The summed E-state index contributed by atoms with van der Waals surface area (Å²) in [4.78, 5) is 12.1. The molecule has 0 saturated carbocycles. The van der Waals surface area contributed by atoms with E-state index in [9.17, 15) is 4.79 Å². The quantitative estimate of drug-likeness (QED) is 0.248. The predicted octanol–water partition coefficient (Wildman–Crippen LogP) is 7.73. The summed E-state index contributed by atoms with van der Waals surface area (Å²) in [5, 5.41) is 0. The van der Waals surface area contributed by atoms with E-state index in [1.807, 2.05) is 105 Å². The summed E-state index contributed by atoms with van der Waals surface area (Å²) in [6, 6.07) is 21.8. The third-order valence-electron chi connectivity index (χ3n) is 4.44. The molecule has 0 N–H and O–H groups in total. The molecule has 2 aromatic rings. The Morgan fingerprint density at radius 3 is 2.00 bits per heavy atom. The van der Waals surface area contributed by atoms with Crippen LogP contribution in [0.5, 0.6) is 0 Å². The van der Waals surface area contributed by atoms with E-state index in [0.717, 1.165) is 11.1 Å². The molecule has 1 saturated heterocycles. The van der Waals surface area contributed by atoms with Gasteiger partial charge in [-0.05, 0) is 17.6 Å². The topological polar surface area (TPSA) is 29.5 Å². The molecule has 1 aliphatic heterocycles. The van der Waals surface area contributed by atoms with Crippen LogP contribution in [0, 0.1) is 0 Å². The summed E-state index contributed by atoms with van der Waals surface area (Å²) >= 11 is 0. The van der Waals surface area contributed by atoms with Gasteiger partial charge in [-0.25, -0.2) is 0 Å². The smallest absolute Gasteiger partial charge is 0.324 e. The summed E-state index contributed by atoms with van der Waals surface area (Å²) in [6.45, 7) is 15.8. The molecule has 1 aliphatic rings. The molecule has 2 aromatic carbocycles. The first-order valence-electron chi connectivity index (χ1n) is 11.5. The first kappa shape index (κ1) is 30.3. The van der Waals surface area contributed by atoms with E-state index in [0.29, 0.717) is 13.0 Å². The second kappa shape index (κ2) is 19.9. The number of allylic oxidation sites excluding steroid dienone is 5. The maximum absolute atomic E-state index is 12.1. The number of rotatable bonds is 6. The van der Waals surface area contributed by atoms with Crippen LogP contribution < -0.4 is 0 Å². The number of hydrogen-bond acceptors (Lipinski definition) is 3. The van der Waals surface area contributed by atoms with Gasteiger partial charge in [0.15, 0.2) is 0 Å². The number of esters is 1. The molecule has 1 fully saturated rings. The zero-order chi connectivity index (χ0) is 24.9. The van der Waals surface area contributed by atoms with Crippen molar-refractivity contribution in [3.05, 3.63) is 121 Å². The Labute approximate surface area is 203 Å². The van der Waals surface area contributed by atoms with Crippen LogP contribution in [-0.4, -0.2) is 23.3 Å². The van der Waals surface area contributed by atoms with Crippen LogP contribution >= 0.6 is 9.39 Å². The van der Waals surface area contributed by atoms with E-state index < -0.39 is 0 Å². The molecule has 0 amide bonds. The van der Waals surface area contributed by atoms with Crippen molar-refractivity contribution < 1.29 is 9.53 Å². The molecule has 3 rings (SSSR count). The Bertz CT molecular complexity index is 805. The van der Waals surface area contributed by atoms with E-state index in [2.05, 4.69) is 34.7 Å². The number of benzene rings is 2. The molecular weight excluding hydrogens is 425 g/mol. The van der Waals surface area contributed by atoms with Gasteiger partial charge in [0, 0.05) is 0 Å². The van der Waals surface area contributed by atoms with E-state index in [1.165, 1.54) is 0 Å². The molecule has 1 heterocycles. The summed E-state index contributed by atoms with van der Waals surface area (Å²) in [5.74, 6) is -0.190. The zero-order valence-corrected chi connectivity index (χ0v) is 21.7. The molecule has 0 bridgehead atoms. The van der Waals surface area contributed by atoms with Crippen LogP contribution in [0.4, 0.5) is 0 Å². The number of carbonyl (C=O) groups is 1. The Hall–Kier alpha value is -2.74. The minimum atomic E-state index is -0.315. The average molecular weight is 466 g/mol. The normalized spacial score (nSPS) is 17.7. The maximum atomic E-state index is 12.1. The van der Waals surface area contributed by atoms with Crippen LogP contribution in [0.3, 0.4) is 0 Å². The standard InChI is InChI=1S/C19H22NO2P.C6H6.2C2H6/c1-3-9-15(4-2)10-8-13-17-19(21)22-14-18(20(17)23)16-11-6-5-7-12-16;1-2-4-6-5-3-1;2*1-2/h3-12,17-18H,1-2,13-14,23H2;1-6H;2*1-2H3/b10-8+,15-9+;;;/t17?,18-;;;/m0.../s1. The fourth-order valence-electron chi connectivity index (χ4n) is 2.89. The molecule has 3 nitrogen and oxygen atoms in total. The molecule has 33 heavy (non-hydrogen) atoms. The van der Waals surface area contributed by atoms with Gasteiger partial charge < -0.3 is 4.74 Å². The number of morpholine rings is 1. The highest BCUT2D eigenvalue weighted by atomic mass is 31.0. The van der Waals surface area contributed by atoms with Gasteiger partial charge in [-0.2, -0.15) is 0 Å². The highest BCUT2D eigenvalue weighted by Crippen LogP contribution is 2.32. The molecule has 0 radical (unpaired) electrons. The van der Waals surface area contributed by atoms with Crippen molar-refractivity contribution in [3.8, 4) is 0 Å². The van der Waals surface area contributed by atoms with Crippen molar-refractivity contribution in [3.63, 3.8) is 0 Å². The Kier molecular flexibility index (Phi) is 18.3. The first-order valence-corrected chi connectivity index (χ1v) is 12.0. The minimum Gasteiger partial charge on any atom is -0.462 e. The molecule has 0 aromatic heterocycles. The van der Waals surface area contributed by atoms with Crippen molar-refractivity contribution >= 4 is 15.4 Å². The van der Waals surface area contributed by atoms with Gasteiger partial charge in [0.1, 0.15) is 12.6 Å². The van der Waals surface area contributed by atoms with E-state index in [1.54, 1.807) is 12.2 Å². The van der Waals surface area contributed by atoms with E-state index >= 15 is 0 Å². The number of cyclic esters (lactones) is 1. The van der Waals surface area contributed by atoms with Crippen LogP contribution in [0.1, 0.15) is 45.7 Å². The van der Waals surface area contributed by atoms with Crippen molar-refractivity contribution in [1.29, 1.82) is 0 Å². The highest BCUT2D eigenvalue weighted by Gasteiger charge is 2.35. The van der Waals surface area contributed by atoms with E-state index in [-0.39, 0.29) is 18.1 Å². The second-order valence-electron chi connectivity index (χ2n) is 6.42. The second-order valence-corrected chi connectivity index (χ2v) is 7.02. The van der Waals surface area contributed by atoms with Crippen molar-refractivity contribution in [1.82, 2.24) is 4.67 Å². The highest BCUT2D eigenvalue weighted by molar-refractivity contribution is 7.13. The summed E-state index contributed by atoms with van der Waals surface area (Å²) in [5.41, 5.74) is 2.10. The average Bonchev–Trinajstić information content (AvgIpc) is 2.89. The van der Waals surface area contributed by atoms with Gasteiger partial charge in [0.05, 0.1) is 6.04 Å². The Morgan fingerprint density at radius 1 is 1.00 bits per heavy atom. The summed E-state index contributed by atoms with van der Waals surface area (Å²) in [6.07, 6.45) is 9.81. The van der Waals surface area contributed by atoms with Crippen LogP contribution in [0.2, 0.25) is 0 Å². The van der Waals surface area contributed by atoms with Crippen molar-refractivity contribution in [2.75, 3.05) is 6.61 Å². The van der Waals surface area contributed by atoms with Gasteiger partial charge in [0.25, 0.3) is 0 Å². The molecule has 3 atom stereocenters. The lowest BCUT2D eigenvalue weighted by Crippen LogP contribution is -2.45. The van der Waals surface area contributed by atoms with Crippen molar-refractivity contribution in [2.24, 2.45) is 0 Å². The van der Waals surface area contributed by atoms with Gasteiger partial charge >= 0.3 is 5.97 Å². The summed E-state index contributed by atoms with van der Waals surface area (Å²) < 4.78 is 7.39. The number of nitrogens with zero attached hydrogens (tertiary/aromatic N) is 1. The third-order valence-corrected chi connectivity index (χ3v) is 5.16. The number of hydrogen-bond donors (Lipinski definition) is 0. The van der Waals surface area contributed by atoms with Crippen LogP contribution in [0.25, 0.3) is 0 Å². The molecule has 0 spiro atoms. The molecule has 2 unspecified atom stereocenters. The van der Waals surface area contributed by atoms with Gasteiger partial charge in [0.2, 0.25) is 0 Å². The molecule has 178 valence electrons. The third kappa shape index (κ3) is 11.6. The first-order chi connectivity index (χ1) is 16.2. The van der Waals surface area contributed by atoms with Crippen molar-refractivity contribution in [2.45, 2.75) is 46.2 Å². The SMILES string of the molecule is C=C/C=C(C=C)/C=C/CC1C(=O)OC[C@@H](c2ccccc2)N1P.CC.CC.c1ccccc1. The fourth-order valence-corrected chi connectivity index (χ4v) is 3.39. The predicted molar refractivity (Wildman–Crippen MR) is 147 cm³/mol. The molecular formula is C29H40NO2P. The summed E-state index contributed by atoms with van der Waals surface area (Å²) in [7, 11) is 2.68. The molecule has 0 aliphatic carbocycles. The molecule has 4 heteroatoms. The van der Waals surface area contributed by atoms with Gasteiger partial charge in [-0.15, -0.1) is 0 Å². The monoisotopic (exact) mass is 465 g/mol. The lowest BCUT2D eigenvalue weighted by molar-refractivity contribution is -0.156. The van der Waals surface area contributed by atoms with Crippen LogP contribution in [0.15, 0.2) is 116 Å². The number of carbonyl (C=O) groups excluding carboxylic acids is 1.